The second-order valence-corrected chi connectivity index (χ2v) is 3.05. The van der Waals surface area contributed by atoms with Crippen LogP contribution in [0, 0.1) is 0 Å². The van der Waals surface area contributed by atoms with E-state index in [2.05, 4.69) is 0 Å². The van der Waals surface area contributed by atoms with Crippen LogP contribution in [0.2, 0.25) is 0 Å². The monoisotopic (exact) mass is 165 g/mol. The summed E-state index contributed by atoms with van der Waals surface area (Å²) in [4.78, 5) is 0. The number of hydrogen-bond acceptors (Lipinski definition) is 2. The summed E-state index contributed by atoms with van der Waals surface area (Å²) in [5.41, 5.74) is 4.02. The third-order valence-electron chi connectivity index (χ3n) is 2.30. The molecule has 0 amide bonds. The van der Waals surface area contributed by atoms with Gasteiger partial charge in [-0.1, -0.05) is 6.92 Å². The molecule has 0 heterocycles. The van der Waals surface area contributed by atoms with Crippen LogP contribution in [0.4, 0.5) is 8.78 Å². The van der Waals surface area contributed by atoms with E-state index < -0.39 is 17.6 Å². The summed E-state index contributed by atoms with van der Waals surface area (Å²) in [6, 6.07) is 0. The van der Waals surface area contributed by atoms with E-state index in [0.717, 1.165) is 0 Å². The average molecular weight is 165 g/mol. The van der Waals surface area contributed by atoms with Gasteiger partial charge in [-0.25, -0.2) is 8.78 Å². The molecule has 1 aliphatic carbocycles. The lowest BCUT2D eigenvalue weighted by atomic mass is 10.1. The largest absolute Gasteiger partial charge is 0.379 e. The molecule has 0 radical (unpaired) electrons. The number of nitrogens with two attached hydrogens (primary N) is 1. The van der Waals surface area contributed by atoms with Crippen LogP contribution in [-0.4, -0.2) is 24.7 Å². The maximum absolute atomic E-state index is 12.6. The molecule has 2 nitrogen and oxygen atoms in total. The fourth-order valence-corrected chi connectivity index (χ4v) is 1.41. The third-order valence-corrected chi connectivity index (χ3v) is 2.30. The normalized spacial score (nSPS) is 36.8. The van der Waals surface area contributed by atoms with Crippen molar-refractivity contribution in [1.29, 1.82) is 0 Å². The minimum atomic E-state index is -2.72. The molecular formula is C7H13F2NO. The lowest BCUT2D eigenvalue weighted by Gasteiger charge is -2.20. The van der Waals surface area contributed by atoms with Gasteiger partial charge in [-0.3, -0.25) is 0 Å². The highest BCUT2D eigenvalue weighted by Crippen LogP contribution is 2.53. The van der Waals surface area contributed by atoms with E-state index in [9.17, 15) is 8.78 Å². The summed E-state index contributed by atoms with van der Waals surface area (Å²) >= 11 is 0. The molecule has 1 rings (SSSR count). The molecule has 0 spiro atoms. The molecule has 66 valence electrons. The second kappa shape index (κ2) is 2.38. The van der Waals surface area contributed by atoms with Crippen LogP contribution >= 0.6 is 0 Å². The lowest BCUT2D eigenvalue weighted by Crippen LogP contribution is -2.43. The number of rotatable bonds is 3. The number of alkyl halides is 2. The van der Waals surface area contributed by atoms with E-state index >= 15 is 0 Å². The van der Waals surface area contributed by atoms with Gasteiger partial charge in [-0.05, 0) is 6.42 Å². The smallest absolute Gasteiger partial charge is 0.270 e. The molecule has 0 aromatic carbocycles. The predicted octanol–water partition coefficient (Wildman–Crippen LogP) is 1.15. The first-order chi connectivity index (χ1) is 4.98. The molecule has 4 heteroatoms. The van der Waals surface area contributed by atoms with Crippen LogP contribution in [0.15, 0.2) is 0 Å². The second-order valence-electron chi connectivity index (χ2n) is 3.05. The van der Waals surface area contributed by atoms with Crippen molar-refractivity contribution in [1.82, 2.24) is 0 Å². The SMILES string of the molecule is CCC(OC)C1(N)CC1(F)F. The topological polar surface area (TPSA) is 35.2 Å². The molecule has 2 atom stereocenters. The lowest BCUT2D eigenvalue weighted by molar-refractivity contribution is 0.00705. The van der Waals surface area contributed by atoms with E-state index in [1.54, 1.807) is 6.92 Å². The van der Waals surface area contributed by atoms with Crippen molar-refractivity contribution in [3.63, 3.8) is 0 Å². The highest BCUT2D eigenvalue weighted by atomic mass is 19.3. The molecule has 0 aromatic rings. The van der Waals surface area contributed by atoms with Crippen LogP contribution in [0.3, 0.4) is 0 Å². The zero-order valence-electron chi connectivity index (χ0n) is 6.73. The Morgan fingerprint density at radius 3 is 2.18 bits per heavy atom. The third kappa shape index (κ3) is 1.14. The van der Waals surface area contributed by atoms with Crippen LogP contribution in [0.25, 0.3) is 0 Å². The van der Waals surface area contributed by atoms with Crippen LogP contribution in [-0.2, 0) is 4.74 Å². The standard InChI is InChI=1S/C7H13F2NO/c1-3-5(11-2)6(10)4-7(6,8)9/h5H,3-4,10H2,1-2H3. The number of methoxy groups -OCH3 is 1. The summed E-state index contributed by atoms with van der Waals surface area (Å²) in [6.45, 7) is 1.79. The zero-order valence-corrected chi connectivity index (χ0v) is 6.73. The summed E-state index contributed by atoms with van der Waals surface area (Å²) in [5.74, 6) is -2.72. The first-order valence-corrected chi connectivity index (χ1v) is 3.67. The van der Waals surface area contributed by atoms with Gasteiger partial charge in [0.2, 0.25) is 0 Å². The summed E-state index contributed by atoms with van der Waals surface area (Å²) in [5, 5.41) is 0. The Kier molecular flexibility index (Phi) is 1.92. The van der Waals surface area contributed by atoms with E-state index in [4.69, 9.17) is 10.5 Å². The van der Waals surface area contributed by atoms with Gasteiger partial charge in [0.25, 0.3) is 5.92 Å². The van der Waals surface area contributed by atoms with Crippen molar-refractivity contribution >= 4 is 0 Å². The average Bonchev–Trinajstić information content (AvgIpc) is 2.36. The molecule has 2 N–H and O–H groups in total. The van der Waals surface area contributed by atoms with Crippen LogP contribution < -0.4 is 5.73 Å². The molecule has 0 aromatic heterocycles. The molecule has 2 unspecified atom stereocenters. The van der Waals surface area contributed by atoms with Gasteiger partial charge < -0.3 is 10.5 Å². The fourth-order valence-electron chi connectivity index (χ4n) is 1.41. The van der Waals surface area contributed by atoms with Gasteiger partial charge in [0.15, 0.2) is 0 Å². The molecule has 0 bridgehead atoms. The summed E-state index contributed by atoms with van der Waals surface area (Å²) in [6.07, 6.45) is -0.230. The minimum absolute atomic E-state index is 0.244. The van der Waals surface area contributed by atoms with Gasteiger partial charge in [-0.15, -0.1) is 0 Å². The summed E-state index contributed by atoms with van der Waals surface area (Å²) in [7, 11) is 1.41. The first-order valence-electron chi connectivity index (χ1n) is 3.67. The Labute approximate surface area is 64.7 Å². The molecular weight excluding hydrogens is 152 g/mol. The Bertz CT molecular complexity index is 159. The molecule has 1 fully saturated rings. The van der Waals surface area contributed by atoms with E-state index in [1.165, 1.54) is 7.11 Å². The van der Waals surface area contributed by atoms with Gasteiger partial charge in [0.05, 0.1) is 6.10 Å². The number of ether oxygens (including phenoxy) is 1. The molecule has 0 saturated heterocycles. The van der Waals surface area contributed by atoms with E-state index in [0.29, 0.717) is 6.42 Å². The van der Waals surface area contributed by atoms with Gasteiger partial charge in [0.1, 0.15) is 5.54 Å². The van der Waals surface area contributed by atoms with Crippen molar-refractivity contribution in [3.8, 4) is 0 Å². The Balaban J connectivity index is 2.61. The van der Waals surface area contributed by atoms with Crippen molar-refractivity contribution < 1.29 is 13.5 Å². The Morgan fingerprint density at radius 2 is 2.09 bits per heavy atom. The van der Waals surface area contributed by atoms with Crippen molar-refractivity contribution in [2.45, 2.75) is 37.3 Å². The summed E-state index contributed by atoms with van der Waals surface area (Å²) < 4.78 is 30.1. The molecule has 11 heavy (non-hydrogen) atoms. The maximum Gasteiger partial charge on any atom is 0.270 e. The minimum Gasteiger partial charge on any atom is -0.379 e. The van der Waals surface area contributed by atoms with E-state index in [1.807, 2.05) is 0 Å². The van der Waals surface area contributed by atoms with Gasteiger partial charge >= 0.3 is 0 Å². The number of hydrogen-bond donors (Lipinski definition) is 1. The van der Waals surface area contributed by atoms with Crippen LogP contribution in [0.1, 0.15) is 19.8 Å². The maximum atomic E-state index is 12.6. The Hall–Kier alpha value is -0.220. The predicted molar refractivity (Wildman–Crippen MR) is 37.6 cm³/mol. The highest BCUT2D eigenvalue weighted by molar-refractivity contribution is 5.19. The molecule has 1 aliphatic rings. The zero-order chi connectivity index (χ0) is 8.70. The van der Waals surface area contributed by atoms with Crippen molar-refractivity contribution in [2.24, 2.45) is 5.73 Å². The highest BCUT2D eigenvalue weighted by Gasteiger charge is 2.72. The van der Waals surface area contributed by atoms with Crippen LogP contribution in [0.5, 0.6) is 0 Å². The Morgan fingerprint density at radius 1 is 1.64 bits per heavy atom. The van der Waals surface area contributed by atoms with Crippen molar-refractivity contribution in [2.75, 3.05) is 7.11 Å². The first kappa shape index (κ1) is 8.87. The number of halogens is 2. The fraction of sp³-hybridized carbons (Fsp3) is 1.00. The van der Waals surface area contributed by atoms with Gasteiger partial charge in [-0.2, -0.15) is 0 Å². The van der Waals surface area contributed by atoms with E-state index in [-0.39, 0.29) is 6.42 Å². The van der Waals surface area contributed by atoms with Crippen molar-refractivity contribution in [3.05, 3.63) is 0 Å². The molecule has 0 aliphatic heterocycles. The molecule has 1 saturated carbocycles. The quantitative estimate of drug-likeness (QED) is 0.680. The van der Waals surface area contributed by atoms with Gasteiger partial charge in [0, 0.05) is 13.5 Å².